The fourth-order valence-electron chi connectivity index (χ4n) is 7.44. The number of nitrogens with zero attached hydrogens (tertiary/aromatic N) is 1. The molecule has 0 aromatic heterocycles. The number of nitrogens with one attached hydrogen (secondary N) is 1. The molecule has 0 fully saturated rings. The topological polar surface area (TPSA) is 358 Å². The molecule has 6 radical (unpaired) electrons. The van der Waals surface area contributed by atoms with Crippen LogP contribution in [-0.2, 0) is 120 Å². The van der Waals surface area contributed by atoms with Gasteiger partial charge in [0, 0.05) is 122 Å². The Morgan fingerprint density at radius 2 is 0.824 bits per heavy atom. The molecule has 108 heavy (non-hydrogen) atoms. The molecule has 0 atom stereocenters. The van der Waals surface area contributed by atoms with Crippen molar-refractivity contribution in [2.45, 2.75) is 60.3 Å². The number of carboxylic acids is 1. The summed E-state index contributed by atoms with van der Waals surface area (Å²) in [7, 11) is 2.62. The minimum atomic E-state index is -4.11. The van der Waals surface area contributed by atoms with Crippen LogP contribution in [0.4, 0.5) is 17.1 Å². The van der Waals surface area contributed by atoms with Gasteiger partial charge in [-0.05, 0) is 139 Å². The molecule has 0 bridgehead atoms. The van der Waals surface area contributed by atoms with Crippen LogP contribution in [0.2, 0.25) is 0 Å². The fraction of sp³-hybridized carbons (Fsp3) is 0.234. The van der Waals surface area contributed by atoms with Gasteiger partial charge in [-0.1, -0.05) is 240 Å². The van der Waals surface area contributed by atoms with Crippen molar-refractivity contribution in [3.8, 4) is 0 Å². The largest absolute Gasteiger partial charge is 1.00 e. The summed E-state index contributed by atoms with van der Waals surface area (Å²) >= 11 is 22.4. The third-order valence-corrected chi connectivity index (χ3v) is 20.5. The summed E-state index contributed by atoms with van der Waals surface area (Å²) in [6.45, 7) is 1.18. The molecule has 44 heteroatoms. The number of carboxylic acid groups (broad SMARTS) is 1. The molecule has 0 amide bonds. The number of anilines is 3. The Morgan fingerprint density at radius 3 is 1.14 bits per heavy atom. The molecule has 576 valence electrons. The molecule has 8 aromatic rings. The quantitative estimate of drug-likeness (QED) is 0.0349. The zero-order chi connectivity index (χ0) is 75.2. The summed E-state index contributed by atoms with van der Waals surface area (Å²) in [6.07, 6.45) is 3.41. The van der Waals surface area contributed by atoms with E-state index in [2.05, 4.69) is 133 Å². The first kappa shape index (κ1) is 131. The van der Waals surface area contributed by atoms with Crippen LogP contribution in [0.25, 0.3) is 0 Å². The SMILES string of the molecule is C.C.CC(=O)[O-].ClCCc1ccccc1Br.O.O=S(=O)(CCc1ccccc1Br)Nc1ccccc1.O=S(=O)(Cl)CCc1ccccc1Br.O=S(=O)([O-])CCc1ccccc1Br.O=S(Cl)Cl.O=S(Cl)Cl.O=S1(=O)CCc2ccccc2N1c1ccccc1.O=[S-](=O)[O-].OCCc1ccccc1Br.[B].[B].[Cs+].[Na+].[Na+].[Na+]. The summed E-state index contributed by atoms with van der Waals surface area (Å²) in [5.41, 5.74) is 8.35. The Morgan fingerprint density at radius 1 is 0.546 bits per heavy atom. The number of benzene rings is 8. The number of halogens is 11. The van der Waals surface area contributed by atoms with Gasteiger partial charge in [0.1, 0.15) is 0 Å². The van der Waals surface area contributed by atoms with Crippen LogP contribution in [0.1, 0.15) is 55.2 Å². The van der Waals surface area contributed by atoms with Crippen molar-refractivity contribution < 1.29 is 238 Å². The number of aliphatic hydroxyl groups excluding tert-OH is 1. The van der Waals surface area contributed by atoms with Gasteiger partial charge >= 0.3 is 158 Å². The van der Waals surface area contributed by atoms with E-state index in [9.17, 15) is 38.2 Å². The average Bonchev–Trinajstić information content (AvgIpc) is 0.768. The van der Waals surface area contributed by atoms with Gasteiger partial charge in [0.25, 0.3) is 0 Å². The molecule has 20 nitrogen and oxygen atoms in total. The number of carbonyl (C=O) groups excluding carboxylic acids is 1. The number of carbonyl (C=O) groups is 1. The van der Waals surface area contributed by atoms with Crippen LogP contribution in [0.15, 0.2) is 229 Å². The molecule has 1 aliphatic rings. The first-order valence-electron chi connectivity index (χ1n) is 27.7. The normalized spacial score (nSPS) is 10.6. The van der Waals surface area contributed by atoms with E-state index in [1.807, 2.05) is 164 Å². The van der Waals surface area contributed by atoms with Crippen LogP contribution in [0.5, 0.6) is 0 Å². The van der Waals surface area contributed by atoms with Gasteiger partial charge in [0.15, 0.2) is 0 Å². The van der Waals surface area contributed by atoms with Gasteiger partial charge in [-0.15, -0.1) is 11.6 Å². The maximum absolute atomic E-state index is 12.3. The molecule has 4 N–H and O–H groups in total. The van der Waals surface area contributed by atoms with Crippen molar-refractivity contribution >= 4 is 253 Å². The molecule has 9 rings (SSSR count). The fourth-order valence-corrected chi connectivity index (χ4v) is 13.9. The van der Waals surface area contributed by atoms with Crippen molar-refractivity contribution in [2.75, 3.05) is 44.5 Å². The number of aliphatic hydroxyl groups is 1. The molecule has 8 aromatic carbocycles. The van der Waals surface area contributed by atoms with E-state index in [0.717, 1.165) is 75.6 Å². The number of aliphatic carboxylic acids is 1. The van der Waals surface area contributed by atoms with Crippen LogP contribution >= 0.6 is 145 Å². The van der Waals surface area contributed by atoms with E-state index in [4.69, 9.17) is 58.7 Å². The van der Waals surface area contributed by atoms with E-state index in [-0.39, 0.29) is 231 Å². The third kappa shape index (κ3) is 69.9. The second kappa shape index (κ2) is 75.3. The smallest absolute Gasteiger partial charge is 0.917 e. The van der Waals surface area contributed by atoms with E-state index in [0.29, 0.717) is 36.5 Å². The van der Waals surface area contributed by atoms with E-state index in [1.54, 1.807) is 36.4 Å². The molecule has 0 spiro atoms. The Bertz CT molecular complexity index is 4160. The molecule has 0 saturated heterocycles. The Balaban J connectivity index is -0.000000127. The number of hydrogen-bond acceptors (Lipinski definition) is 18. The van der Waals surface area contributed by atoms with Gasteiger partial charge in [0.05, 0.1) is 38.8 Å². The first-order valence-corrected chi connectivity index (χ1v) is 46.1. The van der Waals surface area contributed by atoms with Crippen molar-refractivity contribution in [2.24, 2.45) is 0 Å². The summed E-state index contributed by atoms with van der Waals surface area (Å²) in [4.78, 5) is 8.89. The molecule has 1 aliphatic heterocycles. The van der Waals surface area contributed by atoms with Crippen molar-refractivity contribution in [3.63, 3.8) is 0 Å². The molecule has 1 heterocycles. The number of hydrogen-bond donors (Lipinski definition) is 2. The number of sulfonamides is 2. The predicted molar refractivity (Wildman–Crippen MR) is 446 cm³/mol. The number of para-hydroxylation sites is 3. The first-order chi connectivity index (χ1) is 46.3. The van der Waals surface area contributed by atoms with E-state index < -0.39 is 74.6 Å². The molecule has 0 saturated carbocycles. The summed E-state index contributed by atoms with van der Waals surface area (Å²) in [5, 5.41) is 17.5. The molecular formula is C64H73B2Br5Cl6CsN2Na3O18S7. The summed E-state index contributed by atoms with van der Waals surface area (Å²) < 4.78 is 153. The standard InChI is InChI=1S/C14H14BrNO2S.C14H13NO2S.C8H8BrClO2S.C8H8BrCl.C8H9BrO3S.C8H9BrO.C2H4O2.2CH4.2B.2Cl2OS.Cs.3Na.O3S.H2O/c15-14-9-5-4-6-12(14)10-11-19(17,18)16-13-7-2-1-3-8-13;16-18(17)11-10-12-6-4-5-9-14(12)15(18)13-7-2-1-3-8-13;9-8-4-2-1-3-7(8)5-6-13(10,11)12;9-8-4-2-1-3-7(8)5-6-10;9-8-4-2-1-3-7(8)5-6-13(10,11)12;9-8-4-2-1-3-7(8)5-6-10;1-2(3)4;;;;;2*1-4(2)3;;;;;1-4(2)3;/h1-9,16H,10-11H2;1-9H,10-11H2;1-4H,5-6H2;1-4H,5-6H2;1-4H,5-6H2,(H,10,11,12);1-4,10H,5-6H2;1H3,(H,3,4);2*1H4;;;;;;;;;;1H2/q;;;;;;;;;;;;;4*+1;-2;/p-2. The van der Waals surface area contributed by atoms with Gasteiger partial charge in [-0.2, -0.15) is 11.0 Å². The van der Waals surface area contributed by atoms with Gasteiger partial charge in [0.2, 0.25) is 47.6 Å². The number of aryl methyl sites for hydroxylation is 5. The molecule has 0 aliphatic carbocycles. The van der Waals surface area contributed by atoms with Gasteiger partial charge < -0.3 is 38.0 Å². The van der Waals surface area contributed by atoms with Crippen LogP contribution in [0.3, 0.4) is 0 Å². The zero-order valence-corrected chi connectivity index (χ0v) is 87.7. The monoisotopic (exact) mass is 2210 g/mol. The van der Waals surface area contributed by atoms with Crippen LogP contribution in [0, 0.1) is 0 Å². The Labute approximate surface area is 842 Å². The van der Waals surface area contributed by atoms with Crippen molar-refractivity contribution in [1.82, 2.24) is 0 Å². The van der Waals surface area contributed by atoms with Gasteiger partial charge in [-0.3, -0.25) is 4.72 Å². The third-order valence-electron chi connectivity index (χ3n) is 11.6. The summed E-state index contributed by atoms with van der Waals surface area (Å²) in [5.74, 6) is -0.557. The minimum Gasteiger partial charge on any atom is -0.917 e. The minimum absolute atomic E-state index is 0. The van der Waals surface area contributed by atoms with Crippen LogP contribution < -0.4 is 172 Å². The Kier molecular flexibility index (Phi) is 91.1. The number of alkyl halides is 1. The zero-order valence-electron chi connectivity index (χ0n) is 57.2. The van der Waals surface area contributed by atoms with Crippen molar-refractivity contribution in [3.05, 3.63) is 262 Å². The molecule has 0 unspecified atom stereocenters. The average molecular weight is 2220 g/mol. The number of rotatable bonds is 16. The van der Waals surface area contributed by atoms with E-state index in [1.165, 1.54) is 9.87 Å². The predicted octanol–water partition coefficient (Wildman–Crippen LogP) is 3.43. The van der Waals surface area contributed by atoms with Gasteiger partial charge in [-0.25, -0.2) is 46.4 Å². The maximum Gasteiger partial charge on any atom is 1.00 e. The second-order valence-electron chi connectivity index (χ2n) is 18.8. The maximum atomic E-state index is 12.3. The Hall–Kier alpha value is 2.04. The molecular weight excluding hydrogens is 2140 g/mol. The summed E-state index contributed by atoms with van der Waals surface area (Å²) in [6, 6.07) is 64.2. The van der Waals surface area contributed by atoms with E-state index >= 15 is 0 Å². The second-order valence-corrected chi connectivity index (χ2v) is 37.1. The van der Waals surface area contributed by atoms with Crippen molar-refractivity contribution in [1.29, 1.82) is 0 Å². The number of fused-ring (bicyclic) bond motifs is 1. The van der Waals surface area contributed by atoms with Crippen LogP contribution in [-0.4, -0.2) is 120 Å².